The van der Waals surface area contributed by atoms with Gasteiger partial charge in [-0.25, -0.2) is 0 Å². The molecule has 0 radical (unpaired) electrons. The second-order valence-corrected chi connectivity index (χ2v) is 6.56. The van der Waals surface area contributed by atoms with E-state index in [1.807, 2.05) is 36.4 Å². The number of nitrogens with one attached hydrogen (secondary N) is 1. The zero-order chi connectivity index (χ0) is 20.8. The van der Waals surface area contributed by atoms with Gasteiger partial charge in [0.05, 0.1) is 28.4 Å². The van der Waals surface area contributed by atoms with Crippen LogP contribution in [0.1, 0.15) is 11.1 Å². The minimum atomic E-state index is 0.00678. The summed E-state index contributed by atoms with van der Waals surface area (Å²) in [5, 5.41) is 3.29. The molecule has 1 heterocycles. The van der Waals surface area contributed by atoms with Crippen LogP contribution in [0.5, 0.6) is 23.0 Å². The molecular formula is C23H25NO5. The molecule has 6 nitrogen and oxygen atoms in total. The van der Waals surface area contributed by atoms with E-state index < -0.39 is 0 Å². The topological polar surface area (TPSA) is 66.0 Å². The summed E-state index contributed by atoms with van der Waals surface area (Å²) in [5.41, 5.74) is 3.03. The fourth-order valence-electron chi connectivity index (χ4n) is 3.16. The van der Waals surface area contributed by atoms with Crippen molar-refractivity contribution in [1.29, 1.82) is 0 Å². The van der Waals surface area contributed by atoms with E-state index in [4.69, 9.17) is 18.9 Å². The largest absolute Gasteiger partial charge is 0.497 e. The monoisotopic (exact) mass is 395 g/mol. The lowest BCUT2D eigenvalue weighted by atomic mass is 9.95. The van der Waals surface area contributed by atoms with Gasteiger partial charge in [-0.1, -0.05) is 0 Å². The number of ketones is 1. The van der Waals surface area contributed by atoms with Crippen LogP contribution in [0.25, 0.3) is 12.2 Å². The summed E-state index contributed by atoms with van der Waals surface area (Å²) in [6, 6.07) is 11.1. The van der Waals surface area contributed by atoms with Crippen LogP contribution in [0.2, 0.25) is 0 Å². The van der Waals surface area contributed by atoms with Crippen LogP contribution < -0.4 is 24.3 Å². The second-order valence-electron chi connectivity index (χ2n) is 6.56. The minimum Gasteiger partial charge on any atom is -0.497 e. The first-order valence-electron chi connectivity index (χ1n) is 9.19. The van der Waals surface area contributed by atoms with Crippen molar-refractivity contribution in [3.8, 4) is 23.0 Å². The summed E-state index contributed by atoms with van der Waals surface area (Å²) >= 11 is 0. The molecule has 1 aliphatic heterocycles. The van der Waals surface area contributed by atoms with Crippen LogP contribution in [0.4, 0.5) is 0 Å². The van der Waals surface area contributed by atoms with Crippen LogP contribution >= 0.6 is 0 Å². The molecule has 0 spiro atoms. The van der Waals surface area contributed by atoms with Gasteiger partial charge in [0.25, 0.3) is 0 Å². The van der Waals surface area contributed by atoms with Crippen molar-refractivity contribution in [3.63, 3.8) is 0 Å². The van der Waals surface area contributed by atoms with Gasteiger partial charge in [-0.05, 0) is 47.5 Å². The molecule has 29 heavy (non-hydrogen) atoms. The van der Waals surface area contributed by atoms with Crippen molar-refractivity contribution in [3.05, 3.63) is 58.7 Å². The molecule has 152 valence electrons. The average Bonchev–Trinajstić information content (AvgIpc) is 2.75. The number of rotatable bonds is 6. The summed E-state index contributed by atoms with van der Waals surface area (Å²) < 4.78 is 21.2. The highest BCUT2D eigenvalue weighted by atomic mass is 16.5. The first-order chi connectivity index (χ1) is 14.1. The van der Waals surface area contributed by atoms with Crippen LogP contribution in [0.3, 0.4) is 0 Å². The number of methoxy groups -OCH3 is 4. The maximum Gasteiger partial charge on any atom is 0.187 e. The Morgan fingerprint density at radius 2 is 1.00 bits per heavy atom. The van der Waals surface area contributed by atoms with Crippen molar-refractivity contribution in [2.75, 3.05) is 41.5 Å². The minimum absolute atomic E-state index is 0.00678. The fraction of sp³-hybridized carbons (Fsp3) is 0.261. The Labute approximate surface area is 170 Å². The molecule has 0 saturated carbocycles. The lowest BCUT2D eigenvalue weighted by Crippen LogP contribution is -2.32. The van der Waals surface area contributed by atoms with Crippen molar-refractivity contribution in [2.24, 2.45) is 0 Å². The van der Waals surface area contributed by atoms with Gasteiger partial charge >= 0.3 is 0 Å². The number of benzene rings is 2. The Morgan fingerprint density at radius 3 is 1.31 bits per heavy atom. The predicted octanol–water partition coefficient (Wildman–Crippen LogP) is 3.36. The van der Waals surface area contributed by atoms with Gasteiger partial charge < -0.3 is 24.3 Å². The highest BCUT2D eigenvalue weighted by Crippen LogP contribution is 2.27. The third-order valence-corrected chi connectivity index (χ3v) is 4.64. The van der Waals surface area contributed by atoms with Crippen molar-refractivity contribution in [1.82, 2.24) is 5.32 Å². The zero-order valence-electron chi connectivity index (χ0n) is 17.1. The first kappa shape index (κ1) is 20.5. The van der Waals surface area contributed by atoms with Gasteiger partial charge in [0.1, 0.15) is 23.0 Å². The quantitative estimate of drug-likeness (QED) is 0.757. The number of hydrogen-bond donors (Lipinski definition) is 1. The first-order valence-corrected chi connectivity index (χ1v) is 9.19. The Bertz CT molecular complexity index is 842. The number of Topliss-reactive ketones (excluding diaryl/α,β-unsaturated/α-hetero) is 1. The lowest BCUT2D eigenvalue weighted by Gasteiger charge is -2.18. The van der Waals surface area contributed by atoms with Crippen LogP contribution in [-0.2, 0) is 4.79 Å². The molecule has 1 saturated heterocycles. The molecule has 0 aliphatic carbocycles. The predicted molar refractivity (Wildman–Crippen MR) is 113 cm³/mol. The molecule has 1 aliphatic rings. The maximum absolute atomic E-state index is 13.1. The summed E-state index contributed by atoms with van der Waals surface area (Å²) in [5.74, 6) is 2.70. The highest BCUT2D eigenvalue weighted by Gasteiger charge is 2.20. The van der Waals surface area contributed by atoms with E-state index in [1.54, 1.807) is 40.6 Å². The van der Waals surface area contributed by atoms with Crippen LogP contribution in [0, 0.1) is 0 Å². The molecule has 1 N–H and O–H groups in total. The zero-order valence-corrected chi connectivity index (χ0v) is 17.1. The SMILES string of the molecule is COc1cc(/C=C2\CNC/C(=C\c3cc(OC)cc(OC)c3)C2=O)cc(OC)c1. The van der Waals surface area contributed by atoms with Gasteiger partial charge in [0.2, 0.25) is 0 Å². The number of carbonyl (C=O) groups is 1. The summed E-state index contributed by atoms with van der Waals surface area (Å²) in [6.07, 6.45) is 3.72. The molecule has 1 fully saturated rings. The van der Waals surface area contributed by atoms with E-state index in [0.29, 0.717) is 47.2 Å². The van der Waals surface area contributed by atoms with Crippen molar-refractivity contribution < 1.29 is 23.7 Å². The van der Waals surface area contributed by atoms with Gasteiger partial charge in [0, 0.05) is 36.4 Å². The molecule has 0 atom stereocenters. The van der Waals surface area contributed by atoms with E-state index >= 15 is 0 Å². The van der Waals surface area contributed by atoms with Crippen LogP contribution in [0.15, 0.2) is 47.5 Å². The molecule has 0 unspecified atom stereocenters. The highest BCUT2D eigenvalue weighted by molar-refractivity contribution is 6.14. The molecule has 3 rings (SSSR count). The number of carbonyl (C=O) groups excluding carboxylic acids is 1. The Hall–Kier alpha value is -3.25. The molecule has 2 aromatic rings. The van der Waals surface area contributed by atoms with Gasteiger partial charge in [0.15, 0.2) is 5.78 Å². The van der Waals surface area contributed by atoms with Crippen LogP contribution in [-0.4, -0.2) is 47.3 Å². The molecule has 6 heteroatoms. The Morgan fingerprint density at radius 1 is 0.655 bits per heavy atom. The molecule has 0 bridgehead atoms. The smallest absolute Gasteiger partial charge is 0.187 e. The molecule has 0 amide bonds. The third-order valence-electron chi connectivity index (χ3n) is 4.64. The lowest BCUT2D eigenvalue weighted by molar-refractivity contribution is -0.112. The average molecular weight is 395 g/mol. The van der Waals surface area contributed by atoms with Gasteiger partial charge in [-0.15, -0.1) is 0 Å². The number of piperidine rings is 1. The summed E-state index contributed by atoms with van der Waals surface area (Å²) in [4.78, 5) is 13.1. The standard InChI is InChI=1S/C23H25NO5/c1-26-19-7-15(8-20(11-19)27-2)5-17-13-24-14-18(23(17)25)6-16-9-21(28-3)12-22(10-16)29-4/h5-12,24H,13-14H2,1-4H3/b17-5+,18-6+. The van der Waals surface area contributed by atoms with Crippen molar-refractivity contribution in [2.45, 2.75) is 0 Å². The Kier molecular flexibility index (Phi) is 6.57. The van der Waals surface area contributed by atoms with E-state index in [-0.39, 0.29) is 5.78 Å². The van der Waals surface area contributed by atoms with E-state index in [9.17, 15) is 4.79 Å². The normalized spacial score (nSPS) is 16.8. The summed E-state index contributed by atoms with van der Waals surface area (Å²) in [7, 11) is 6.40. The fourth-order valence-corrected chi connectivity index (χ4v) is 3.16. The molecule has 0 aromatic heterocycles. The van der Waals surface area contributed by atoms with E-state index in [1.165, 1.54) is 0 Å². The molecular weight excluding hydrogens is 370 g/mol. The van der Waals surface area contributed by atoms with Crippen molar-refractivity contribution >= 4 is 17.9 Å². The number of ether oxygens (including phenoxy) is 4. The number of hydrogen-bond acceptors (Lipinski definition) is 6. The van der Waals surface area contributed by atoms with Gasteiger partial charge in [-0.2, -0.15) is 0 Å². The second kappa shape index (κ2) is 9.30. The summed E-state index contributed by atoms with van der Waals surface area (Å²) in [6.45, 7) is 0.994. The molecule has 2 aromatic carbocycles. The van der Waals surface area contributed by atoms with E-state index in [0.717, 1.165) is 11.1 Å². The van der Waals surface area contributed by atoms with E-state index in [2.05, 4.69) is 5.32 Å². The third kappa shape index (κ3) is 4.97. The Balaban J connectivity index is 1.93. The maximum atomic E-state index is 13.1. The van der Waals surface area contributed by atoms with Gasteiger partial charge in [-0.3, -0.25) is 4.79 Å².